The van der Waals surface area contributed by atoms with Gasteiger partial charge >= 0.3 is 6.18 Å². The summed E-state index contributed by atoms with van der Waals surface area (Å²) in [6, 6.07) is 13.6. The van der Waals surface area contributed by atoms with Crippen LogP contribution in [-0.2, 0) is 31.0 Å². The van der Waals surface area contributed by atoms with Crippen LogP contribution in [0.4, 0.5) is 24.5 Å². The number of ether oxygens (including phenoxy) is 1. The van der Waals surface area contributed by atoms with Crippen LogP contribution >= 0.6 is 11.6 Å². The van der Waals surface area contributed by atoms with Crippen LogP contribution in [0, 0.1) is 5.92 Å². The van der Waals surface area contributed by atoms with Crippen molar-refractivity contribution in [1.29, 1.82) is 0 Å². The molecule has 1 amide bonds. The first kappa shape index (κ1) is 30.6. The van der Waals surface area contributed by atoms with E-state index < -0.39 is 48.6 Å². The molecule has 1 aliphatic heterocycles. The number of carbonyl (C=O) groups excluding carboxylic acids is 1. The molecule has 0 spiro atoms. The van der Waals surface area contributed by atoms with E-state index in [1.54, 1.807) is 0 Å². The van der Waals surface area contributed by atoms with E-state index in [4.69, 9.17) is 16.3 Å². The zero-order valence-corrected chi connectivity index (χ0v) is 23.9. The van der Waals surface area contributed by atoms with Gasteiger partial charge in [-0.05, 0) is 79.6 Å². The number of methoxy groups -OCH3 is 1. The Kier molecular flexibility index (Phi) is 8.87. The summed E-state index contributed by atoms with van der Waals surface area (Å²) in [7, 11) is -6.63. The predicted octanol–water partition coefficient (Wildman–Crippen LogP) is 5.21. The first-order valence-electron chi connectivity index (χ1n) is 12.2. The largest absolute Gasteiger partial charge is 0.497 e. The Morgan fingerprint density at radius 2 is 1.56 bits per heavy atom. The van der Waals surface area contributed by atoms with Gasteiger partial charge in [0.15, 0.2) is 0 Å². The van der Waals surface area contributed by atoms with Crippen molar-refractivity contribution >= 4 is 48.9 Å². The lowest BCUT2D eigenvalue weighted by Crippen LogP contribution is -2.43. The van der Waals surface area contributed by atoms with Crippen LogP contribution in [0.1, 0.15) is 18.4 Å². The summed E-state index contributed by atoms with van der Waals surface area (Å²) in [6.45, 7) is 0.230. The zero-order valence-electron chi connectivity index (χ0n) is 21.5. The molecule has 4 rings (SSSR count). The van der Waals surface area contributed by atoms with Crippen molar-refractivity contribution in [2.45, 2.75) is 28.8 Å². The lowest BCUT2D eigenvalue weighted by molar-refractivity contribution is -0.137. The molecule has 1 saturated heterocycles. The number of hydrogen-bond donors (Lipinski definition) is 2. The van der Waals surface area contributed by atoms with Crippen molar-refractivity contribution in [3.63, 3.8) is 0 Å². The maximum Gasteiger partial charge on any atom is 0.417 e. The molecule has 0 aliphatic carbocycles. The number of nitrogens with zero attached hydrogens (tertiary/aromatic N) is 1. The van der Waals surface area contributed by atoms with Crippen molar-refractivity contribution in [2.75, 3.05) is 30.2 Å². The molecule has 0 aromatic heterocycles. The monoisotopic (exact) mass is 631 g/mol. The molecule has 1 fully saturated rings. The van der Waals surface area contributed by atoms with E-state index in [1.807, 2.05) is 0 Å². The highest BCUT2D eigenvalue weighted by molar-refractivity contribution is 7.92. The fourth-order valence-electron chi connectivity index (χ4n) is 4.25. The SMILES string of the molecule is COc1ccc(S(=O)(=O)N2CCCC(C(=O)Nc3ccc(S(=O)(=O)Nc4ccc(Cl)c(C(F)(F)F)c4)cc3)C2)cc1. The number of sulfonamides is 2. The first-order chi connectivity index (χ1) is 19.2. The molecule has 1 aliphatic rings. The Labute approximate surface area is 240 Å². The number of benzene rings is 3. The summed E-state index contributed by atoms with van der Waals surface area (Å²) in [6.07, 6.45) is -3.84. The third kappa shape index (κ3) is 7.12. The number of amides is 1. The van der Waals surface area contributed by atoms with Crippen molar-refractivity contribution in [1.82, 2.24) is 4.31 Å². The minimum atomic E-state index is -4.77. The van der Waals surface area contributed by atoms with Gasteiger partial charge in [-0.15, -0.1) is 0 Å². The van der Waals surface area contributed by atoms with Gasteiger partial charge in [0.1, 0.15) is 5.75 Å². The molecule has 3 aromatic rings. The maximum absolute atomic E-state index is 13.1. The highest BCUT2D eigenvalue weighted by atomic mass is 35.5. The Balaban J connectivity index is 1.41. The number of halogens is 4. The van der Waals surface area contributed by atoms with Gasteiger partial charge in [0, 0.05) is 24.5 Å². The number of alkyl halides is 3. The van der Waals surface area contributed by atoms with Crippen LogP contribution in [0.3, 0.4) is 0 Å². The summed E-state index contributed by atoms with van der Waals surface area (Å²) in [5.41, 5.74) is -1.25. The van der Waals surface area contributed by atoms with Crippen molar-refractivity contribution < 1.29 is 39.5 Å². The molecule has 1 unspecified atom stereocenters. The lowest BCUT2D eigenvalue weighted by atomic mass is 9.99. The quantitative estimate of drug-likeness (QED) is 0.352. The van der Waals surface area contributed by atoms with E-state index in [9.17, 15) is 34.8 Å². The highest BCUT2D eigenvalue weighted by Gasteiger charge is 2.35. The standard InChI is InChI=1S/C26H25ClF3N3O6S2/c1-39-20-7-11-22(12-8-20)41(37,38)33-14-2-3-17(16-33)25(34)31-18-4-9-21(10-5-18)40(35,36)32-19-6-13-24(27)23(15-19)26(28,29)30/h4-13,15,17,32H,2-3,14,16H2,1H3,(H,31,34). The summed E-state index contributed by atoms with van der Waals surface area (Å²) < 4.78 is 99.4. The zero-order chi connectivity index (χ0) is 30.0. The number of piperidine rings is 1. The molecular formula is C26H25ClF3N3O6S2. The molecule has 15 heteroatoms. The minimum absolute atomic E-state index is 0.0302. The van der Waals surface area contributed by atoms with E-state index >= 15 is 0 Å². The normalized spacial score (nSPS) is 16.7. The maximum atomic E-state index is 13.1. The van der Waals surface area contributed by atoms with Gasteiger partial charge in [-0.2, -0.15) is 17.5 Å². The van der Waals surface area contributed by atoms with Crippen LogP contribution in [0.25, 0.3) is 0 Å². The smallest absolute Gasteiger partial charge is 0.417 e. The number of carbonyl (C=O) groups is 1. The molecule has 1 heterocycles. The molecule has 0 bridgehead atoms. The van der Waals surface area contributed by atoms with Gasteiger partial charge in [0.25, 0.3) is 10.0 Å². The Hall–Kier alpha value is -3.33. The highest BCUT2D eigenvalue weighted by Crippen LogP contribution is 2.36. The molecule has 220 valence electrons. The first-order valence-corrected chi connectivity index (χ1v) is 15.5. The molecule has 2 N–H and O–H groups in total. The van der Waals surface area contributed by atoms with Gasteiger partial charge in [-0.1, -0.05) is 11.6 Å². The van der Waals surface area contributed by atoms with Crippen LogP contribution in [-0.4, -0.2) is 47.2 Å². The molecule has 41 heavy (non-hydrogen) atoms. The Morgan fingerprint density at radius 3 is 2.17 bits per heavy atom. The molecule has 0 saturated carbocycles. The topological polar surface area (TPSA) is 122 Å². The summed E-state index contributed by atoms with van der Waals surface area (Å²) >= 11 is 5.58. The van der Waals surface area contributed by atoms with E-state index in [-0.39, 0.29) is 34.3 Å². The van der Waals surface area contributed by atoms with Gasteiger partial charge in [-0.3, -0.25) is 9.52 Å². The second kappa shape index (κ2) is 11.9. The predicted molar refractivity (Wildman–Crippen MR) is 147 cm³/mol. The van der Waals surface area contributed by atoms with E-state index in [2.05, 4.69) is 10.0 Å². The van der Waals surface area contributed by atoms with Crippen molar-refractivity contribution in [2.24, 2.45) is 5.92 Å². The minimum Gasteiger partial charge on any atom is -0.497 e. The third-order valence-electron chi connectivity index (χ3n) is 6.41. The van der Waals surface area contributed by atoms with Gasteiger partial charge in [0.2, 0.25) is 15.9 Å². The summed E-state index contributed by atoms with van der Waals surface area (Å²) in [5.74, 6) is -0.571. The molecule has 1 atom stereocenters. The average molecular weight is 632 g/mol. The van der Waals surface area contributed by atoms with Crippen LogP contribution in [0.15, 0.2) is 76.5 Å². The number of anilines is 2. The van der Waals surface area contributed by atoms with Crippen molar-refractivity contribution in [3.05, 3.63) is 77.3 Å². The Bertz CT molecular complexity index is 1630. The average Bonchev–Trinajstić information content (AvgIpc) is 2.93. The number of hydrogen-bond acceptors (Lipinski definition) is 6. The third-order valence-corrected chi connectivity index (χ3v) is 10.0. The summed E-state index contributed by atoms with van der Waals surface area (Å²) in [5, 5.41) is 2.10. The number of rotatable bonds is 8. The molecule has 0 radical (unpaired) electrons. The van der Waals surface area contributed by atoms with Crippen LogP contribution in [0.5, 0.6) is 5.75 Å². The van der Waals surface area contributed by atoms with E-state index in [0.717, 1.165) is 12.1 Å². The van der Waals surface area contributed by atoms with E-state index in [1.165, 1.54) is 59.9 Å². The molecular weight excluding hydrogens is 607 g/mol. The van der Waals surface area contributed by atoms with Crippen LogP contribution in [0.2, 0.25) is 5.02 Å². The van der Waals surface area contributed by atoms with Gasteiger partial charge < -0.3 is 10.1 Å². The van der Waals surface area contributed by atoms with Gasteiger partial charge in [-0.25, -0.2) is 16.8 Å². The molecule has 9 nitrogen and oxygen atoms in total. The fraction of sp³-hybridized carbons (Fsp3) is 0.269. The van der Waals surface area contributed by atoms with Crippen LogP contribution < -0.4 is 14.8 Å². The summed E-state index contributed by atoms with van der Waals surface area (Å²) in [4.78, 5) is 12.8. The van der Waals surface area contributed by atoms with Gasteiger partial charge in [0.05, 0.1) is 33.4 Å². The lowest BCUT2D eigenvalue weighted by Gasteiger charge is -2.31. The second-order valence-electron chi connectivity index (χ2n) is 9.19. The fourth-order valence-corrected chi connectivity index (χ4v) is 7.05. The second-order valence-corrected chi connectivity index (χ2v) is 13.2. The Morgan fingerprint density at radius 1 is 0.951 bits per heavy atom. The molecule has 3 aromatic carbocycles. The van der Waals surface area contributed by atoms with E-state index in [0.29, 0.717) is 24.7 Å². The number of nitrogens with one attached hydrogen (secondary N) is 2. The van der Waals surface area contributed by atoms with Crippen molar-refractivity contribution in [3.8, 4) is 5.75 Å².